The van der Waals surface area contributed by atoms with Gasteiger partial charge >= 0.3 is 17.3 Å². The summed E-state index contributed by atoms with van der Waals surface area (Å²) < 4.78 is 0.923. The second kappa shape index (κ2) is 4.32. The second-order valence-electron chi connectivity index (χ2n) is 4.17. The van der Waals surface area contributed by atoms with Crippen molar-refractivity contribution in [3.8, 4) is 0 Å². The number of aromatic nitrogens is 2. The van der Waals surface area contributed by atoms with Gasteiger partial charge in [-0.3, -0.25) is 19.5 Å². The highest BCUT2D eigenvalue weighted by Gasteiger charge is 2.28. The third kappa shape index (κ3) is 2.86. The molecule has 0 aliphatic carbocycles. The quantitative estimate of drug-likeness (QED) is 0.597. The molecule has 0 amide bonds. The Labute approximate surface area is 95.7 Å². The van der Waals surface area contributed by atoms with E-state index >= 15 is 0 Å². The van der Waals surface area contributed by atoms with Crippen LogP contribution in [0.25, 0.3) is 0 Å². The predicted octanol–water partition coefficient (Wildman–Crippen LogP) is 0.262. The van der Waals surface area contributed by atoms with Crippen molar-refractivity contribution in [1.29, 1.82) is 0 Å². The fourth-order valence-electron chi connectivity index (χ4n) is 1.14. The predicted molar refractivity (Wildman–Crippen MR) is 56.6 cm³/mol. The Bertz CT molecular complexity index is 520. The number of aliphatic carboxylic acids is 1. The summed E-state index contributed by atoms with van der Waals surface area (Å²) in [4.78, 5) is 35.3. The van der Waals surface area contributed by atoms with Gasteiger partial charge in [0.25, 0.3) is 0 Å². The zero-order valence-corrected chi connectivity index (χ0v) is 9.28. The van der Waals surface area contributed by atoms with Crippen molar-refractivity contribution in [2.24, 2.45) is 5.41 Å². The topological polar surface area (TPSA) is 115 Å². The van der Waals surface area contributed by atoms with Crippen LogP contribution in [0.4, 0.5) is 5.69 Å². The molecular formula is C9H11N3O5. The Morgan fingerprint density at radius 1 is 1.65 bits per heavy atom. The maximum atomic E-state index is 11.3. The van der Waals surface area contributed by atoms with E-state index in [1.54, 1.807) is 0 Å². The number of hydrogen-bond acceptors (Lipinski definition) is 5. The third-order valence-electron chi connectivity index (χ3n) is 2.20. The standard InChI is InChI=1S/C9H11N3O5/c1-9(2,7(13)14)5-11-4-6(12(16)17)3-10-8(11)15/h3-4H,5H2,1-2H3,(H,13,14). The lowest BCUT2D eigenvalue weighted by Crippen LogP contribution is -2.34. The van der Waals surface area contributed by atoms with Gasteiger partial charge in [0.05, 0.1) is 16.5 Å². The van der Waals surface area contributed by atoms with E-state index in [0.717, 1.165) is 17.0 Å². The van der Waals surface area contributed by atoms with Crippen molar-refractivity contribution in [2.75, 3.05) is 0 Å². The van der Waals surface area contributed by atoms with E-state index < -0.39 is 22.0 Å². The first kappa shape index (κ1) is 12.8. The number of carbonyl (C=O) groups is 1. The van der Waals surface area contributed by atoms with Crippen LogP contribution in [0.15, 0.2) is 17.2 Å². The van der Waals surface area contributed by atoms with Crippen LogP contribution in [0.2, 0.25) is 0 Å². The van der Waals surface area contributed by atoms with Crippen LogP contribution in [-0.2, 0) is 11.3 Å². The molecule has 0 aliphatic rings. The summed E-state index contributed by atoms with van der Waals surface area (Å²) in [6.07, 6.45) is 1.83. The number of carboxylic acid groups (broad SMARTS) is 1. The van der Waals surface area contributed by atoms with Crippen LogP contribution < -0.4 is 5.69 Å². The SMILES string of the molecule is CC(C)(Cn1cc([N+](=O)[O-])cnc1=O)C(=O)O. The maximum Gasteiger partial charge on any atom is 0.348 e. The Kier molecular flexibility index (Phi) is 3.26. The fraction of sp³-hybridized carbons (Fsp3) is 0.444. The Morgan fingerprint density at radius 3 is 2.71 bits per heavy atom. The van der Waals surface area contributed by atoms with Gasteiger partial charge < -0.3 is 5.11 Å². The van der Waals surface area contributed by atoms with Gasteiger partial charge in [0.1, 0.15) is 6.20 Å². The largest absolute Gasteiger partial charge is 0.481 e. The van der Waals surface area contributed by atoms with Crippen molar-refractivity contribution < 1.29 is 14.8 Å². The summed E-state index contributed by atoms with van der Waals surface area (Å²) in [6, 6.07) is 0. The molecule has 92 valence electrons. The maximum absolute atomic E-state index is 11.3. The molecule has 0 atom stereocenters. The minimum Gasteiger partial charge on any atom is -0.481 e. The van der Waals surface area contributed by atoms with Gasteiger partial charge in [-0.25, -0.2) is 4.79 Å². The van der Waals surface area contributed by atoms with Gasteiger partial charge in [-0.2, -0.15) is 4.98 Å². The minimum absolute atomic E-state index is 0.185. The van der Waals surface area contributed by atoms with Crippen molar-refractivity contribution in [1.82, 2.24) is 9.55 Å². The average Bonchev–Trinajstić information content (AvgIpc) is 2.20. The van der Waals surface area contributed by atoms with Crippen molar-refractivity contribution in [2.45, 2.75) is 20.4 Å². The highest BCUT2D eigenvalue weighted by atomic mass is 16.6. The summed E-state index contributed by atoms with van der Waals surface area (Å²) in [5, 5.41) is 19.4. The Morgan fingerprint density at radius 2 is 2.24 bits per heavy atom. The lowest BCUT2D eigenvalue weighted by molar-refractivity contribution is -0.385. The van der Waals surface area contributed by atoms with Gasteiger partial charge in [0.2, 0.25) is 0 Å². The summed E-state index contributed by atoms with van der Waals surface area (Å²) in [5.41, 5.74) is -2.28. The molecule has 1 rings (SSSR count). The molecule has 0 saturated carbocycles. The molecular weight excluding hydrogens is 230 g/mol. The lowest BCUT2D eigenvalue weighted by Gasteiger charge is -2.19. The molecule has 0 unspecified atom stereocenters. The summed E-state index contributed by atoms with van der Waals surface area (Å²) >= 11 is 0. The van der Waals surface area contributed by atoms with E-state index in [1.165, 1.54) is 13.8 Å². The molecule has 0 bridgehead atoms. The average molecular weight is 241 g/mol. The van der Waals surface area contributed by atoms with Gasteiger partial charge in [-0.1, -0.05) is 0 Å². The number of nitrogens with zero attached hydrogens (tertiary/aromatic N) is 3. The van der Waals surface area contributed by atoms with Crippen LogP contribution in [0.3, 0.4) is 0 Å². The van der Waals surface area contributed by atoms with Crippen molar-refractivity contribution in [3.05, 3.63) is 33.0 Å². The molecule has 1 aromatic heterocycles. The Hall–Kier alpha value is -2.25. The summed E-state index contributed by atoms with van der Waals surface area (Å²) in [7, 11) is 0. The number of carboxylic acids is 1. The molecule has 0 spiro atoms. The van der Waals surface area contributed by atoms with Crippen molar-refractivity contribution in [3.63, 3.8) is 0 Å². The lowest BCUT2D eigenvalue weighted by atomic mass is 9.94. The molecule has 1 heterocycles. The number of rotatable bonds is 4. The molecule has 17 heavy (non-hydrogen) atoms. The van der Waals surface area contributed by atoms with E-state index in [-0.39, 0.29) is 12.2 Å². The molecule has 0 aliphatic heterocycles. The normalized spacial score (nSPS) is 11.2. The van der Waals surface area contributed by atoms with Crippen LogP contribution in [0, 0.1) is 15.5 Å². The van der Waals surface area contributed by atoms with Crippen molar-refractivity contribution >= 4 is 11.7 Å². The third-order valence-corrected chi connectivity index (χ3v) is 2.20. The van der Waals surface area contributed by atoms with E-state index in [4.69, 9.17) is 5.11 Å². The molecule has 0 fully saturated rings. The number of nitro groups is 1. The Balaban J connectivity index is 3.14. The van der Waals surface area contributed by atoms with Gasteiger partial charge in [0.15, 0.2) is 0 Å². The van der Waals surface area contributed by atoms with Crippen LogP contribution in [-0.4, -0.2) is 25.6 Å². The van der Waals surface area contributed by atoms with E-state index in [9.17, 15) is 19.7 Å². The molecule has 8 nitrogen and oxygen atoms in total. The van der Waals surface area contributed by atoms with Gasteiger partial charge in [-0.15, -0.1) is 0 Å². The first-order valence-electron chi connectivity index (χ1n) is 4.68. The fourth-order valence-corrected chi connectivity index (χ4v) is 1.14. The molecule has 0 saturated heterocycles. The van der Waals surface area contributed by atoms with Gasteiger partial charge in [0, 0.05) is 6.54 Å². The first-order chi connectivity index (χ1) is 7.74. The zero-order chi connectivity index (χ0) is 13.2. The molecule has 8 heteroatoms. The molecule has 1 aromatic rings. The minimum atomic E-state index is -1.21. The summed E-state index contributed by atoms with van der Waals surface area (Å²) in [5.74, 6) is -1.10. The highest BCUT2D eigenvalue weighted by Crippen LogP contribution is 2.18. The summed E-state index contributed by atoms with van der Waals surface area (Å²) in [6.45, 7) is 2.65. The van der Waals surface area contributed by atoms with E-state index in [1.807, 2.05) is 0 Å². The van der Waals surface area contributed by atoms with Crippen LogP contribution in [0.5, 0.6) is 0 Å². The van der Waals surface area contributed by atoms with Crippen LogP contribution in [0.1, 0.15) is 13.8 Å². The monoisotopic (exact) mass is 241 g/mol. The first-order valence-corrected chi connectivity index (χ1v) is 4.68. The second-order valence-corrected chi connectivity index (χ2v) is 4.17. The highest BCUT2D eigenvalue weighted by molar-refractivity contribution is 5.73. The zero-order valence-electron chi connectivity index (χ0n) is 9.28. The smallest absolute Gasteiger partial charge is 0.348 e. The van der Waals surface area contributed by atoms with E-state index in [2.05, 4.69) is 4.98 Å². The molecule has 0 radical (unpaired) electrons. The molecule has 0 aromatic carbocycles. The molecule has 1 N–H and O–H groups in total. The number of hydrogen-bond donors (Lipinski definition) is 1. The van der Waals surface area contributed by atoms with E-state index in [0.29, 0.717) is 0 Å². The van der Waals surface area contributed by atoms with Crippen LogP contribution >= 0.6 is 0 Å². The van der Waals surface area contributed by atoms with Gasteiger partial charge in [-0.05, 0) is 13.8 Å².